The van der Waals surface area contributed by atoms with Crippen LogP contribution in [0.3, 0.4) is 0 Å². The van der Waals surface area contributed by atoms with Gasteiger partial charge in [-0.2, -0.15) is 0 Å². The molecule has 2 heterocycles. The number of nitrogens with zero attached hydrogens (tertiary/aromatic N) is 4. The highest BCUT2D eigenvalue weighted by molar-refractivity contribution is 5.66. The molecule has 0 amide bonds. The van der Waals surface area contributed by atoms with E-state index in [4.69, 9.17) is 0 Å². The number of phenolic OH excluding ortho intramolecular Hbond substituents is 1. The average Bonchev–Trinajstić information content (AvgIpc) is 2.93. The molecule has 0 aliphatic carbocycles. The molecular weight excluding hydrogens is 283 g/mol. The molecule has 116 valence electrons. The number of rotatable bonds is 3. The maximum atomic E-state index is 13.0. The van der Waals surface area contributed by atoms with Crippen molar-refractivity contribution in [1.82, 2.24) is 15.1 Å². The minimum Gasteiger partial charge on any atom is -0.507 e. The summed E-state index contributed by atoms with van der Waals surface area (Å²) < 4.78 is 13.0. The number of likely N-dealkylation sites (tertiary alicyclic amines) is 1. The normalized spacial score (nSPS) is 18.6. The molecule has 0 radical (unpaired) electrons. The van der Waals surface area contributed by atoms with Crippen molar-refractivity contribution in [3.8, 4) is 17.0 Å². The smallest absolute Gasteiger partial charge is 0.151 e. The largest absolute Gasteiger partial charge is 0.507 e. The monoisotopic (exact) mass is 302 g/mol. The third-order valence-corrected chi connectivity index (χ3v) is 4.16. The van der Waals surface area contributed by atoms with Gasteiger partial charge in [0.1, 0.15) is 11.6 Å². The number of aromatic hydroxyl groups is 1. The maximum Gasteiger partial charge on any atom is 0.151 e. The lowest BCUT2D eigenvalue weighted by Gasteiger charge is -2.25. The van der Waals surface area contributed by atoms with Crippen molar-refractivity contribution in [3.63, 3.8) is 0 Å². The summed E-state index contributed by atoms with van der Waals surface area (Å²) in [5, 5.41) is 18.2. The molecular formula is C16H19FN4O. The highest BCUT2D eigenvalue weighted by atomic mass is 19.1. The van der Waals surface area contributed by atoms with E-state index in [-0.39, 0.29) is 5.75 Å². The number of hydrogen-bond donors (Lipinski definition) is 1. The Balaban J connectivity index is 1.80. The molecule has 22 heavy (non-hydrogen) atoms. The first kappa shape index (κ1) is 14.7. The fourth-order valence-electron chi connectivity index (χ4n) is 2.79. The molecule has 1 fully saturated rings. The summed E-state index contributed by atoms with van der Waals surface area (Å²) in [4.78, 5) is 4.42. The number of aromatic nitrogens is 2. The van der Waals surface area contributed by atoms with E-state index in [9.17, 15) is 9.50 Å². The van der Waals surface area contributed by atoms with Gasteiger partial charge in [-0.15, -0.1) is 10.2 Å². The Kier molecular flexibility index (Phi) is 3.94. The Hall–Kier alpha value is -2.21. The van der Waals surface area contributed by atoms with Crippen LogP contribution in [0.5, 0.6) is 5.75 Å². The summed E-state index contributed by atoms with van der Waals surface area (Å²) in [6.07, 6.45) is 1.11. The molecule has 1 aliphatic rings. The zero-order valence-corrected chi connectivity index (χ0v) is 12.7. The van der Waals surface area contributed by atoms with Gasteiger partial charge in [0.25, 0.3) is 0 Å². The molecule has 1 atom stereocenters. The molecule has 1 saturated heterocycles. The second-order valence-electron chi connectivity index (χ2n) is 5.75. The van der Waals surface area contributed by atoms with Crippen LogP contribution in [0.2, 0.25) is 0 Å². The molecule has 1 N–H and O–H groups in total. The summed E-state index contributed by atoms with van der Waals surface area (Å²) in [6.45, 7) is 2.10. The highest BCUT2D eigenvalue weighted by Gasteiger charge is 2.24. The van der Waals surface area contributed by atoms with Crippen LogP contribution >= 0.6 is 0 Å². The minimum atomic E-state index is -0.476. The van der Waals surface area contributed by atoms with Crippen molar-refractivity contribution in [2.75, 3.05) is 32.1 Å². The zero-order valence-electron chi connectivity index (χ0n) is 12.7. The Labute approximate surface area is 129 Å². The van der Waals surface area contributed by atoms with E-state index in [0.717, 1.165) is 31.4 Å². The van der Waals surface area contributed by atoms with Gasteiger partial charge in [0.05, 0.1) is 5.69 Å². The molecule has 1 aromatic heterocycles. The second-order valence-corrected chi connectivity index (χ2v) is 5.75. The third-order valence-electron chi connectivity index (χ3n) is 4.16. The summed E-state index contributed by atoms with van der Waals surface area (Å²) in [6, 6.07) is 7.98. The summed E-state index contributed by atoms with van der Waals surface area (Å²) >= 11 is 0. The van der Waals surface area contributed by atoms with Crippen molar-refractivity contribution < 1.29 is 9.50 Å². The van der Waals surface area contributed by atoms with Crippen molar-refractivity contribution in [3.05, 3.63) is 36.1 Å². The number of halogens is 1. The number of likely N-dealkylation sites (N-methyl/N-ethyl adjacent to an activating group) is 2. The molecule has 0 saturated carbocycles. The molecule has 0 spiro atoms. The van der Waals surface area contributed by atoms with E-state index in [1.54, 1.807) is 6.07 Å². The van der Waals surface area contributed by atoms with Gasteiger partial charge in [-0.25, -0.2) is 4.39 Å². The Morgan fingerprint density at radius 2 is 2.09 bits per heavy atom. The van der Waals surface area contributed by atoms with Crippen LogP contribution in [0.4, 0.5) is 10.2 Å². The molecule has 0 bridgehead atoms. The third kappa shape index (κ3) is 2.87. The van der Waals surface area contributed by atoms with Crippen LogP contribution in [0, 0.1) is 5.82 Å². The fraction of sp³-hybridized carbons (Fsp3) is 0.375. The average molecular weight is 302 g/mol. The van der Waals surface area contributed by atoms with Gasteiger partial charge >= 0.3 is 0 Å². The van der Waals surface area contributed by atoms with E-state index in [1.807, 2.05) is 13.1 Å². The van der Waals surface area contributed by atoms with Gasteiger partial charge < -0.3 is 14.9 Å². The van der Waals surface area contributed by atoms with Crippen LogP contribution in [-0.2, 0) is 0 Å². The lowest BCUT2D eigenvalue weighted by molar-refractivity contribution is 0.409. The molecule has 3 rings (SSSR count). The van der Waals surface area contributed by atoms with Crippen molar-refractivity contribution >= 4 is 5.82 Å². The highest BCUT2D eigenvalue weighted by Crippen LogP contribution is 2.28. The van der Waals surface area contributed by atoms with Gasteiger partial charge in [0.2, 0.25) is 0 Å². The molecule has 2 aromatic rings. The molecule has 0 unspecified atom stereocenters. The SMILES string of the molecule is CN1CC[C@@H](N(C)c2ccc(-c3ccc(F)cc3O)nn2)C1. The molecule has 5 nitrogen and oxygen atoms in total. The predicted octanol–water partition coefficient (Wildman–Crippen LogP) is 2.13. The summed E-state index contributed by atoms with van der Waals surface area (Å²) in [7, 11) is 4.13. The Bertz CT molecular complexity index is 662. The quantitative estimate of drug-likeness (QED) is 0.941. The van der Waals surface area contributed by atoms with Crippen LogP contribution in [0.1, 0.15) is 6.42 Å². The minimum absolute atomic E-state index is 0.132. The lowest BCUT2D eigenvalue weighted by Crippen LogP contribution is -2.34. The van der Waals surface area contributed by atoms with Gasteiger partial charge in [-0.05, 0) is 44.3 Å². The first-order valence-electron chi connectivity index (χ1n) is 7.28. The Morgan fingerprint density at radius 1 is 1.27 bits per heavy atom. The molecule has 6 heteroatoms. The van der Waals surface area contributed by atoms with Crippen molar-refractivity contribution in [2.24, 2.45) is 0 Å². The number of benzene rings is 1. The van der Waals surface area contributed by atoms with E-state index in [1.165, 1.54) is 12.1 Å². The van der Waals surface area contributed by atoms with E-state index in [0.29, 0.717) is 17.3 Å². The standard InChI is InChI=1S/C16H19FN4O/c1-20-8-7-12(10-20)21(2)16-6-5-14(18-19-16)13-4-3-11(17)9-15(13)22/h3-6,9,12,22H,7-8,10H2,1-2H3/t12-/m1/s1. The van der Waals surface area contributed by atoms with Gasteiger partial charge in [0, 0.05) is 31.3 Å². The van der Waals surface area contributed by atoms with Gasteiger partial charge in [0.15, 0.2) is 5.82 Å². The number of anilines is 1. The maximum absolute atomic E-state index is 13.0. The van der Waals surface area contributed by atoms with E-state index in [2.05, 4.69) is 27.0 Å². The van der Waals surface area contributed by atoms with Crippen molar-refractivity contribution in [1.29, 1.82) is 0 Å². The van der Waals surface area contributed by atoms with E-state index < -0.39 is 5.82 Å². The summed E-state index contributed by atoms with van der Waals surface area (Å²) in [5.41, 5.74) is 1.00. The van der Waals surface area contributed by atoms with E-state index >= 15 is 0 Å². The lowest BCUT2D eigenvalue weighted by atomic mass is 10.1. The van der Waals surface area contributed by atoms with Crippen LogP contribution in [0.25, 0.3) is 11.3 Å². The first-order valence-corrected chi connectivity index (χ1v) is 7.28. The van der Waals surface area contributed by atoms with Crippen LogP contribution in [0.15, 0.2) is 30.3 Å². The van der Waals surface area contributed by atoms with Crippen molar-refractivity contribution in [2.45, 2.75) is 12.5 Å². The van der Waals surface area contributed by atoms with Gasteiger partial charge in [-0.3, -0.25) is 0 Å². The van der Waals surface area contributed by atoms with Gasteiger partial charge in [-0.1, -0.05) is 0 Å². The summed E-state index contributed by atoms with van der Waals surface area (Å²) in [5.74, 6) is 0.189. The number of hydrogen-bond acceptors (Lipinski definition) is 5. The zero-order chi connectivity index (χ0) is 15.7. The first-order chi connectivity index (χ1) is 10.5. The molecule has 1 aliphatic heterocycles. The van der Waals surface area contributed by atoms with Crippen LogP contribution < -0.4 is 4.90 Å². The number of phenols is 1. The fourth-order valence-corrected chi connectivity index (χ4v) is 2.79. The topological polar surface area (TPSA) is 52.5 Å². The van der Waals surface area contributed by atoms with Crippen LogP contribution in [-0.4, -0.2) is 53.4 Å². The second kappa shape index (κ2) is 5.88. The Morgan fingerprint density at radius 3 is 2.68 bits per heavy atom. The molecule has 1 aromatic carbocycles. The predicted molar refractivity (Wildman–Crippen MR) is 83.4 cm³/mol.